The van der Waals surface area contributed by atoms with E-state index in [1.54, 1.807) is 0 Å². The highest BCUT2D eigenvalue weighted by atomic mass is 14.9. The minimum atomic E-state index is 0.0761. The van der Waals surface area contributed by atoms with E-state index in [-0.39, 0.29) is 10.8 Å². The molecular formula is C18H26N2. The van der Waals surface area contributed by atoms with E-state index in [1.807, 2.05) is 13.1 Å². The van der Waals surface area contributed by atoms with E-state index in [1.165, 1.54) is 22.1 Å². The number of fused-ring (bicyclic) bond motifs is 1. The summed E-state index contributed by atoms with van der Waals surface area (Å²) in [7, 11) is 0. The smallest absolute Gasteiger partial charge is 0.125 e. The molecule has 2 nitrogen and oxygen atoms in total. The molecule has 0 saturated carbocycles. The van der Waals surface area contributed by atoms with E-state index >= 15 is 0 Å². The van der Waals surface area contributed by atoms with E-state index in [9.17, 15) is 0 Å². The Hall–Kier alpha value is -1.44. The maximum Gasteiger partial charge on any atom is 0.125 e. The van der Waals surface area contributed by atoms with E-state index in [0.29, 0.717) is 0 Å². The van der Waals surface area contributed by atoms with E-state index in [0.717, 1.165) is 11.3 Å². The molecule has 1 aromatic heterocycles. The average molecular weight is 270 g/mol. The number of aromatic nitrogens is 2. The van der Waals surface area contributed by atoms with Gasteiger partial charge in [-0.15, -0.1) is 0 Å². The molecule has 2 heteroatoms. The Kier molecular flexibility index (Phi) is 3.40. The van der Waals surface area contributed by atoms with Crippen LogP contribution in [0.1, 0.15) is 64.1 Å². The second-order valence-corrected chi connectivity index (χ2v) is 7.78. The van der Waals surface area contributed by atoms with Gasteiger partial charge in [0.15, 0.2) is 0 Å². The van der Waals surface area contributed by atoms with Crippen molar-refractivity contribution in [2.45, 2.75) is 66.2 Å². The molecule has 1 aromatic carbocycles. The van der Waals surface area contributed by atoms with Crippen molar-refractivity contribution in [3.05, 3.63) is 34.8 Å². The van der Waals surface area contributed by atoms with Crippen molar-refractivity contribution >= 4 is 10.9 Å². The van der Waals surface area contributed by atoms with Gasteiger partial charge >= 0.3 is 0 Å². The van der Waals surface area contributed by atoms with Crippen LogP contribution in [0, 0.1) is 13.8 Å². The zero-order chi connectivity index (χ0) is 15.3. The molecule has 0 fully saturated rings. The van der Waals surface area contributed by atoms with Gasteiger partial charge in [0.05, 0.1) is 5.52 Å². The summed E-state index contributed by atoms with van der Waals surface area (Å²) in [5, 5.41) is 1.19. The normalized spacial score (nSPS) is 13.0. The maximum absolute atomic E-state index is 4.71. The Morgan fingerprint density at radius 2 is 1.40 bits per heavy atom. The fraction of sp³-hybridized carbons (Fsp3) is 0.556. The fourth-order valence-electron chi connectivity index (χ4n) is 2.77. The Morgan fingerprint density at radius 3 is 1.90 bits per heavy atom. The molecule has 0 radical (unpaired) electrons. The van der Waals surface area contributed by atoms with Crippen LogP contribution >= 0.6 is 0 Å². The average Bonchev–Trinajstić information content (AvgIpc) is 2.25. The summed E-state index contributed by atoms with van der Waals surface area (Å²) in [6.45, 7) is 17.7. The lowest BCUT2D eigenvalue weighted by molar-refractivity contribution is 0.569. The van der Waals surface area contributed by atoms with Crippen LogP contribution in [-0.4, -0.2) is 9.97 Å². The summed E-state index contributed by atoms with van der Waals surface area (Å²) in [6, 6.07) is 2.35. The van der Waals surface area contributed by atoms with Crippen LogP contribution in [0.4, 0.5) is 0 Å². The van der Waals surface area contributed by atoms with Crippen LogP contribution in [0.25, 0.3) is 10.9 Å². The molecular weight excluding hydrogens is 244 g/mol. The Balaban J connectivity index is 2.96. The van der Waals surface area contributed by atoms with E-state index in [2.05, 4.69) is 59.5 Å². The molecule has 0 amide bonds. The van der Waals surface area contributed by atoms with Crippen LogP contribution in [0.2, 0.25) is 0 Å². The van der Waals surface area contributed by atoms with Gasteiger partial charge in [-0.1, -0.05) is 47.6 Å². The van der Waals surface area contributed by atoms with Crippen LogP contribution in [0.3, 0.4) is 0 Å². The zero-order valence-corrected chi connectivity index (χ0v) is 14.0. The lowest BCUT2D eigenvalue weighted by Crippen LogP contribution is -2.19. The Morgan fingerprint density at radius 1 is 0.850 bits per heavy atom. The highest BCUT2D eigenvalue weighted by Gasteiger charge is 2.25. The van der Waals surface area contributed by atoms with Gasteiger partial charge < -0.3 is 0 Å². The van der Waals surface area contributed by atoms with Crippen LogP contribution < -0.4 is 0 Å². The molecule has 0 spiro atoms. The van der Waals surface area contributed by atoms with Crippen LogP contribution in [0.5, 0.6) is 0 Å². The third-order valence-electron chi connectivity index (χ3n) is 3.88. The third-order valence-corrected chi connectivity index (χ3v) is 3.88. The summed E-state index contributed by atoms with van der Waals surface area (Å²) in [5.41, 5.74) is 5.32. The number of hydrogen-bond acceptors (Lipinski definition) is 2. The van der Waals surface area contributed by atoms with Crippen molar-refractivity contribution in [2.24, 2.45) is 0 Å². The first-order valence-electron chi connectivity index (χ1n) is 7.30. The third kappa shape index (κ3) is 2.56. The molecule has 2 rings (SSSR count). The second kappa shape index (κ2) is 4.54. The first-order chi connectivity index (χ1) is 9.01. The topological polar surface area (TPSA) is 25.8 Å². The summed E-state index contributed by atoms with van der Waals surface area (Å²) in [6.07, 6.45) is 1.98. The molecule has 0 atom stereocenters. The van der Waals surface area contributed by atoms with E-state index in [4.69, 9.17) is 4.98 Å². The van der Waals surface area contributed by atoms with Gasteiger partial charge in [0.25, 0.3) is 0 Å². The Bertz CT molecular complexity index is 656. The fourth-order valence-corrected chi connectivity index (χ4v) is 2.77. The molecule has 2 aromatic rings. The van der Waals surface area contributed by atoms with Crippen molar-refractivity contribution in [3.63, 3.8) is 0 Å². The first-order valence-corrected chi connectivity index (χ1v) is 7.30. The lowest BCUT2D eigenvalue weighted by atomic mass is 9.77. The predicted molar refractivity (Wildman–Crippen MR) is 86.4 cm³/mol. The standard InChI is InChI=1S/C18H26N2/c1-11-13-10-19-12(2)20-16(13)15(18(6,7)8)9-14(11)17(3,4)5/h9-10H,1-8H3. The van der Waals surface area contributed by atoms with Gasteiger partial charge in [0, 0.05) is 11.6 Å². The summed E-state index contributed by atoms with van der Waals surface area (Å²) in [5.74, 6) is 0.839. The van der Waals surface area contributed by atoms with Crippen molar-refractivity contribution in [2.75, 3.05) is 0 Å². The van der Waals surface area contributed by atoms with Gasteiger partial charge in [0.2, 0.25) is 0 Å². The van der Waals surface area contributed by atoms with E-state index < -0.39 is 0 Å². The maximum atomic E-state index is 4.71. The minimum Gasteiger partial charge on any atom is -0.241 e. The van der Waals surface area contributed by atoms with Gasteiger partial charge in [-0.2, -0.15) is 0 Å². The van der Waals surface area contributed by atoms with Gasteiger partial charge in [-0.05, 0) is 41.4 Å². The van der Waals surface area contributed by atoms with Gasteiger partial charge in [0.1, 0.15) is 5.82 Å². The quantitative estimate of drug-likeness (QED) is 0.684. The van der Waals surface area contributed by atoms with Crippen LogP contribution in [0.15, 0.2) is 12.3 Å². The zero-order valence-electron chi connectivity index (χ0n) is 14.0. The van der Waals surface area contributed by atoms with Crippen molar-refractivity contribution < 1.29 is 0 Å². The molecule has 20 heavy (non-hydrogen) atoms. The summed E-state index contributed by atoms with van der Waals surface area (Å²) < 4.78 is 0. The molecule has 0 aliphatic heterocycles. The molecule has 0 saturated heterocycles. The summed E-state index contributed by atoms with van der Waals surface area (Å²) >= 11 is 0. The Labute approximate surface area is 122 Å². The number of hydrogen-bond donors (Lipinski definition) is 0. The summed E-state index contributed by atoms with van der Waals surface area (Å²) in [4.78, 5) is 9.12. The predicted octanol–water partition coefficient (Wildman–Crippen LogP) is 4.84. The largest absolute Gasteiger partial charge is 0.241 e. The first kappa shape index (κ1) is 15.0. The highest BCUT2D eigenvalue weighted by Crippen LogP contribution is 2.36. The minimum absolute atomic E-state index is 0.0761. The van der Waals surface area contributed by atoms with Gasteiger partial charge in [-0.25, -0.2) is 9.97 Å². The van der Waals surface area contributed by atoms with Crippen molar-refractivity contribution in [3.8, 4) is 0 Å². The number of benzene rings is 1. The number of nitrogens with zero attached hydrogens (tertiary/aromatic N) is 2. The van der Waals surface area contributed by atoms with Crippen molar-refractivity contribution in [1.29, 1.82) is 0 Å². The van der Waals surface area contributed by atoms with Crippen molar-refractivity contribution in [1.82, 2.24) is 9.97 Å². The molecule has 0 N–H and O–H groups in total. The number of aryl methyl sites for hydroxylation is 2. The second-order valence-electron chi connectivity index (χ2n) is 7.78. The molecule has 108 valence electrons. The highest BCUT2D eigenvalue weighted by molar-refractivity contribution is 5.86. The van der Waals surface area contributed by atoms with Crippen LogP contribution in [-0.2, 0) is 10.8 Å². The van der Waals surface area contributed by atoms with Gasteiger partial charge in [-0.3, -0.25) is 0 Å². The number of rotatable bonds is 0. The molecule has 0 aliphatic carbocycles. The lowest BCUT2D eigenvalue weighted by Gasteiger charge is -2.28. The molecule has 0 bridgehead atoms. The molecule has 0 aliphatic rings. The molecule has 0 unspecified atom stereocenters. The SMILES string of the molecule is Cc1ncc2c(C)c(C(C)(C)C)cc(C(C)(C)C)c2n1. The monoisotopic (exact) mass is 270 g/mol. The molecule has 1 heterocycles.